The molecule has 0 spiro atoms. The summed E-state index contributed by atoms with van der Waals surface area (Å²) in [5, 5.41) is 2.67. The summed E-state index contributed by atoms with van der Waals surface area (Å²) in [5.74, 6) is 0.299. The number of benzene rings is 2. The molecule has 3 rings (SSSR count). The molecule has 9 heteroatoms. The molecule has 1 aliphatic rings. The van der Waals surface area contributed by atoms with E-state index in [2.05, 4.69) is 14.6 Å². The van der Waals surface area contributed by atoms with Gasteiger partial charge in [0.05, 0.1) is 5.38 Å². The molecule has 2 atom stereocenters. The third-order valence-electron chi connectivity index (χ3n) is 5.80. The van der Waals surface area contributed by atoms with Crippen LogP contribution in [0.2, 0.25) is 0 Å². The fourth-order valence-corrected chi connectivity index (χ4v) is 4.90. The van der Waals surface area contributed by atoms with Crippen LogP contribution in [-0.4, -0.2) is 58.9 Å². The van der Waals surface area contributed by atoms with Gasteiger partial charge in [0, 0.05) is 61.7 Å². The van der Waals surface area contributed by atoms with Crippen molar-refractivity contribution in [1.29, 1.82) is 0 Å². The first-order chi connectivity index (χ1) is 16.0. The molecule has 1 aliphatic heterocycles. The van der Waals surface area contributed by atoms with Crippen LogP contribution >= 0.6 is 11.6 Å². The van der Waals surface area contributed by atoms with Crippen LogP contribution in [0.25, 0.3) is 0 Å². The van der Waals surface area contributed by atoms with Gasteiger partial charge in [0.25, 0.3) is 0 Å². The lowest BCUT2D eigenvalue weighted by atomic mass is 10.1. The minimum Gasteiger partial charge on any atom is -0.489 e. The molecular formula is C25H33ClFN3O3S. The van der Waals surface area contributed by atoms with Crippen LogP contribution < -0.4 is 15.0 Å². The second-order valence-corrected chi connectivity index (χ2v) is 12.4. The average Bonchev–Trinajstić information content (AvgIpc) is 2.80. The van der Waals surface area contributed by atoms with Gasteiger partial charge in [-0.3, -0.25) is 4.55 Å². The zero-order chi connectivity index (χ0) is 24.8. The van der Waals surface area contributed by atoms with Gasteiger partial charge in [-0.2, -0.15) is 8.61 Å². The summed E-state index contributed by atoms with van der Waals surface area (Å²) >= 11 is 6.53. The van der Waals surface area contributed by atoms with Crippen LogP contribution in [0.5, 0.6) is 5.75 Å². The summed E-state index contributed by atoms with van der Waals surface area (Å²) in [4.78, 5) is 2.42. The first-order valence-corrected chi connectivity index (χ1v) is 14.0. The van der Waals surface area contributed by atoms with E-state index in [1.165, 1.54) is 25.3 Å². The molecule has 0 bridgehead atoms. The molecular weight excluding hydrogens is 477 g/mol. The standard InChI is InChI=1S/C25H33ClFN3O3S/c1-19(34(3,31,32)29-12-11-21-7-4-5-10-25(21)27)17-24(26)20(2)33-23-9-6-8-22(18-23)30-15-13-28-14-16-30/h4-10,12,17-18,20,24,28H,11,13-16H2,1-3H3,(H,31,32)/b19-17+,29-12?. The zero-order valence-electron chi connectivity index (χ0n) is 19.8. The summed E-state index contributed by atoms with van der Waals surface area (Å²) in [6.45, 7) is 7.07. The molecule has 6 nitrogen and oxygen atoms in total. The van der Waals surface area contributed by atoms with E-state index in [0.29, 0.717) is 11.3 Å². The average molecular weight is 510 g/mol. The van der Waals surface area contributed by atoms with E-state index in [4.69, 9.17) is 16.3 Å². The monoisotopic (exact) mass is 509 g/mol. The molecule has 34 heavy (non-hydrogen) atoms. The Morgan fingerprint density at radius 3 is 2.71 bits per heavy atom. The van der Waals surface area contributed by atoms with Gasteiger partial charge in [0.1, 0.15) is 17.7 Å². The SMILES string of the molecule is C/C(=C\C(Cl)C(C)Oc1cccc(N2CCNCC2)c1)S(C)(=O)(O)N=CCc1ccccc1F. The smallest absolute Gasteiger partial charge is 0.126 e. The van der Waals surface area contributed by atoms with E-state index in [1.807, 2.05) is 31.2 Å². The van der Waals surface area contributed by atoms with Gasteiger partial charge in [-0.25, -0.2) is 4.39 Å². The number of nitrogens with one attached hydrogen (secondary N) is 1. The fourth-order valence-electron chi connectivity index (χ4n) is 3.53. The molecule has 2 aromatic carbocycles. The first kappa shape index (κ1) is 26.3. The normalized spacial score (nSPS) is 18.4. The number of anilines is 1. The van der Waals surface area contributed by atoms with Gasteiger partial charge in [0.15, 0.2) is 0 Å². The predicted molar refractivity (Wildman–Crippen MR) is 140 cm³/mol. The molecule has 2 N–H and O–H groups in total. The van der Waals surface area contributed by atoms with Gasteiger partial charge in [0.2, 0.25) is 0 Å². The maximum Gasteiger partial charge on any atom is 0.126 e. The van der Waals surface area contributed by atoms with Gasteiger partial charge < -0.3 is 15.0 Å². The Labute approximate surface area is 206 Å². The Morgan fingerprint density at radius 2 is 2.00 bits per heavy atom. The van der Waals surface area contributed by atoms with Crippen LogP contribution in [0, 0.1) is 5.82 Å². The van der Waals surface area contributed by atoms with E-state index in [-0.39, 0.29) is 17.1 Å². The lowest BCUT2D eigenvalue weighted by Gasteiger charge is -2.35. The number of ether oxygens (including phenoxy) is 1. The Balaban J connectivity index is 1.66. The number of halogens is 2. The fraction of sp³-hybridized carbons (Fsp3) is 0.400. The number of piperazine rings is 1. The van der Waals surface area contributed by atoms with Crippen molar-refractivity contribution in [1.82, 2.24) is 5.32 Å². The summed E-state index contributed by atoms with van der Waals surface area (Å²) in [7, 11) is -4.51. The molecule has 186 valence electrons. The summed E-state index contributed by atoms with van der Waals surface area (Å²) in [5.41, 5.74) is 1.48. The molecule has 0 saturated carbocycles. The highest BCUT2D eigenvalue weighted by molar-refractivity contribution is 8.16. The summed E-state index contributed by atoms with van der Waals surface area (Å²) < 4.78 is 47.7. The molecule has 1 fully saturated rings. The summed E-state index contributed by atoms with van der Waals surface area (Å²) in [6.07, 6.45) is 3.58. The van der Waals surface area contributed by atoms with Crippen molar-refractivity contribution in [2.75, 3.05) is 37.3 Å². The van der Waals surface area contributed by atoms with Crippen LogP contribution in [0.3, 0.4) is 0 Å². The van der Waals surface area contributed by atoms with Crippen LogP contribution in [0.4, 0.5) is 10.1 Å². The van der Waals surface area contributed by atoms with Gasteiger partial charge in [-0.05, 0) is 43.7 Å². The first-order valence-electron chi connectivity index (χ1n) is 11.3. The van der Waals surface area contributed by atoms with Crippen molar-refractivity contribution in [3.05, 3.63) is 70.9 Å². The molecule has 0 radical (unpaired) electrons. The minimum absolute atomic E-state index is 0.107. The topological polar surface area (TPSA) is 74.2 Å². The van der Waals surface area contributed by atoms with Crippen molar-refractivity contribution in [3.63, 3.8) is 0 Å². The lowest BCUT2D eigenvalue weighted by Crippen LogP contribution is -2.43. The van der Waals surface area contributed by atoms with E-state index in [9.17, 15) is 13.2 Å². The molecule has 2 aromatic rings. The van der Waals surface area contributed by atoms with Crippen LogP contribution in [-0.2, 0) is 16.0 Å². The van der Waals surface area contributed by atoms with Crippen LogP contribution in [0.1, 0.15) is 19.4 Å². The van der Waals surface area contributed by atoms with E-state index in [1.54, 1.807) is 18.2 Å². The minimum atomic E-state index is -4.51. The Kier molecular flexibility index (Phi) is 8.52. The maximum absolute atomic E-state index is 13.8. The van der Waals surface area contributed by atoms with Crippen molar-refractivity contribution in [2.45, 2.75) is 31.7 Å². The van der Waals surface area contributed by atoms with E-state index >= 15 is 0 Å². The van der Waals surface area contributed by atoms with Gasteiger partial charge in [-0.1, -0.05) is 33.8 Å². The number of hydrogen-bond donors (Lipinski definition) is 2. The number of nitrogens with zero attached hydrogens (tertiary/aromatic N) is 2. The molecule has 0 amide bonds. The third-order valence-corrected chi connectivity index (χ3v) is 8.54. The largest absolute Gasteiger partial charge is 0.489 e. The second-order valence-electron chi connectivity index (χ2n) is 8.60. The Morgan fingerprint density at radius 1 is 1.29 bits per heavy atom. The predicted octanol–water partition coefficient (Wildman–Crippen LogP) is 4.67. The Hall–Kier alpha value is -2.26. The van der Waals surface area contributed by atoms with E-state index < -0.39 is 21.0 Å². The second kappa shape index (κ2) is 11.0. The maximum atomic E-state index is 13.8. The molecule has 0 aromatic heterocycles. The van der Waals surface area contributed by atoms with Crippen molar-refractivity contribution in [2.24, 2.45) is 4.40 Å². The third kappa shape index (κ3) is 7.12. The van der Waals surface area contributed by atoms with Crippen molar-refractivity contribution < 1.29 is 17.9 Å². The summed E-state index contributed by atoms with van der Waals surface area (Å²) in [6, 6.07) is 14.1. The van der Waals surface area contributed by atoms with Crippen molar-refractivity contribution in [3.8, 4) is 5.75 Å². The molecule has 1 heterocycles. The quantitative estimate of drug-likeness (QED) is 0.380. The highest BCUT2D eigenvalue weighted by Gasteiger charge is 2.25. The zero-order valence-corrected chi connectivity index (χ0v) is 21.4. The highest BCUT2D eigenvalue weighted by Crippen LogP contribution is 2.31. The highest BCUT2D eigenvalue weighted by atomic mass is 35.5. The Bertz CT molecular complexity index is 1110. The number of rotatable bonds is 9. The van der Waals surface area contributed by atoms with E-state index in [0.717, 1.165) is 38.1 Å². The van der Waals surface area contributed by atoms with Gasteiger partial charge >= 0.3 is 0 Å². The molecule has 2 unspecified atom stereocenters. The number of alkyl halides is 1. The lowest BCUT2D eigenvalue weighted by molar-refractivity contribution is 0.228. The van der Waals surface area contributed by atoms with Crippen LogP contribution in [0.15, 0.2) is 63.9 Å². The number of hydrogen-bond acceptors (Lipinski definition) is 4. The molecule has 0 aliphatic carbocycles. The van der Waals surface area contributed by atoms with Crippen molar-refractivity contribution >= 4 is 33.0 Å². The number of allylic oxidation sites excluding steroid dienone is 1. The van der Waals surface area contributed by atoms with Gasteiger partial charge in [-0.15, -0.1) is 11.6 Å². The molecule has 1 saturated heterocycles.